The van der Waals surface area contributed by atoms with Gasteiger partial charge in [0.05, 0.1) is 11.0 Å². The number of hydrogen-bond acceptors (Lipinski definition) is 8. The van der Waals surface area contributed by atoms with E-state index in [-0.39, 0.29) is 11.5 Å². The molecule has 2 rings (SSSR count). The van der Waals surface area contributed by atoms with Crippen LogP contribution in [0.4, 0.5) is 11.5 Å². The molecule has 0 spiro atoms. The van der Waals surface area contributed by atoms with Crippen LogP contribution in [0.5, 0.6) is 0 Å². The van der Waals surface area contributed by atoms with Gasteiger partial charge in [0, 0.05) is 6.07 Å². The predicted molar refractivity (Wildman–Crippen MR) is 59.2 cm³/mol. The molecule has 0 atom stereocenters. The summed E-state index contributed by atoms with van der Waals surface area (Å²) in [5, 5.41) is 17.8. The number of nitrogens with one attached hydrogen (secondary N) is 2. The molecule has 0 unspecified atom stereocenters. The summed E-state index contributed by atoms with van der Waals surface area (Å²) < 4.78 is 0. The highest BCUT2D eigenvalue weighted by Gasteiger charge is 2.12. The Bertz CT molecular complexity index is 529. The number of nitro groups is 1. The first-order valence-corrected chi connectivity index (χ1v) is 5.17. The zero-order valence-corrected chi connectivity index (χ0v) is 9.14. The SMILES string of the molecule is NNc1cc([N+](=O)[O-])cc(Sc2ncn[nH]2)n1. The van der Waals surface area contributed by atoms with Gasteiger partial charge in [-0.3, -0.25) is 15.2 Å². The summed E-state index contributed by atoms with van der Waals surface area (Å²) in [4.78, 5) is 18.1. The fourth-order valence-corrected chi connectivity index (χ4v) is 1.79. The summed E-state index contributed by atoms with van der Waals surface area (Å²) in [6.07, 6.45) is 1.34. The minimum absolute atomic E-state index is 0.102. The average Bonchev–Trinajstić information content (AvgIpc) is 2.81. The normalized spacial score (nSPS) is 10.2. The maximum Gasteiger partial charge on any atom is 0.275 e. The van der Waals surface area contributed by atoms with E-state index < -0.39 is 4.92 Å². The molecule has 2 aromatic heterocycles. The first kappa shape index (κ1) is 11.3. The molecule has 0 radical (unpaired) electrons. The molecule has 2 aromatic rings. The lowest BCUT2D eigenvalue weighted by Crippen LogP contribution is -2.09. The standard InChI is InChI=1S/C7H7N7O2S/c8-12-5-1-4(14(15)16)2-6(11-5)17-7-9-3-10-13-7/h1-3H,8H2,(H,11,12)(H,9,10,13). The highest BCUT2D eigenvalue weighted by molar-refractivity contribution is 7.99. The molecule has 0 bridgehead atoms. The summed E-state index contributed by atoms with van der Waals surface area (Å²) in [6.45, 7) is 0. The van der Waals surface area contributed by atoms with Crippen molar-refractivity contribution in [2.45, 2.75) is 10.2 Å². The average molecular weight is 253 g/mol. The van der Waals surface area contributed by atoms with Gasteiger partial charge in [0.15, 0.2) is 5.16 Å². The van der Waals surface area contributed by atoms with Crippen LogP contribution in [0, 0.1) is 10.1 Å². The van der Waals surface area contributed by atoms with Crippen molar-refractivity contribution >= 4 is 23.3 Å². The Balaban J connectivity index is 2.33. The second-order valence-corrected chi connectivity index (χ2v) is 3.85. The van der Waals surface area contributed by atoms with E-state index in [2.05, 4.69) is 25.6 Å². The number of hydrogen-bond donors (Lipinski definition) is 3. The van der Waals surface area contributed by atoms with Crippen molar-refractivity contribution in [1.29, 1.82) is 0 Å². The van der Waals surface area contributed by atoms with Crippen LogP contribution in [-0.4, -0.2) is 25.1 Å². The van der Waals surface area contributed by atoms with Crippen molar-refractivity contribution in [1.82, 2.24) is 20.2 Å². The molecule has 0 aromatic carbocycles. The van der Waals surface area contributed by atoms with Gasteiger partial charge in [-0.05, 0) is 11.8 Å². The summed E-state index contributed by atoms with van der Waals surface area (Å²) in [5.74, 6) is 5.39. The molecule has 4 N–H and O–H groups in total. The third-order valence-electron chi connectivity index (χ3n) is 1.74. The van der Waals surface area contributed by atoms with E-state index in [9.17, 15) is 10.1 Å². The highest BCUT2D eigenvalue weighted by atomic mass is 32.2. The van der Waals surface area contributed by atoms with E-state index in [4.69, 9.17) is 5.84 Å². The molecule has 0 saturated carbocycles. The Morgan fingerprint density at radius 3 is 2.94 bits per heavy atom. The number of anilines is 1. The van der Waals surface area contributed by atoms with Gasteiger partial charge in [-0.25, -0.2) is 15.8 Å². The van der Waals surface area contributed by atoms with Crippen molar-refractivity contribution < 1.29 is 4.92 Å². The second-order valence-electron chi connectivity index (χ2n) is 2.84. The van der Waals surface area contributed by atoms with Gasteiger partial charge in [0.1, 0.15) is 17.2 Å². The Morgan fingerprint density at radius 1 is 1.53 bits per heavy atom. The minimum Gasteiger partial charge on any atom is -0.308 e. The molecule has 0 aliphatic heterocycles. The lowest BCUT2D eigenvalue weighted by Gasteiger charge is -2.02. The Labute approximate surface area is 99.0 Å². The second kappa shape index (κ2) is 4.76. The van der Waals surface area contributed by atoms with Crippen molar-refractivity contribution in [3.8, 4) is 0 Å². The van der Waals surface area contributed by atoms with Gasteiger partial charge in [-0.1, -0.05) is 0 Å². The molecule has 0 aliphatic carbocycles. The topological polar surface area (TPSA) is 136 Å². The van der Waals surface area contributed by atoms with Crippen LogP contribution in [0.1, 0.15) is 0 Å². The summed E-state index contributed by atoms with van der Waals surface area (Å²) in [5.41, 5.74) is 2.17. The van der Waals surface area contributed by atoms with Gasteiger partial charge in [0.2, 0.25) is 0 Å². The van der Waals surface area contributed by atoms with Gasteiger partial charge < -0.3 is 5.43 Å². The summed E-state index contributed by atoms with van der Waals surface area (Å²) in [6, 6.07) is 2.57. The molecule has 0 saturated heterocycles. The van der Waals surface area contributed by atoms with E-state index >= 15 is 0 Å². The number of hydrazine groups is 1. The molecule has 88 valence electrons. The maximum absolute atomic E-state index is 10.7. The van der Waals surface area contributed by atoms with Gasteiger partial charge in [-0.2, -0.15) is 5.10 Å². The van der Waals surface area contributed by atoms with Gasteiger partial charge in [-0.15, -0.1) is 0 Å². The van der Waals surface area contributed by atoms with Crippen LogP contribution >= 0.6 is 11.8 Å². The smallest absolute Gasteiger partial charge is 0.275 e. The van der Waals surface area contributed by atoms with Gasteiger partial charge >= 0.3 is 0 Å². The first-order valence-electron chi connectivity index (χ1n) is 4.35. The van der Waals surface area contributed by atoms with Crippen LogP contribution in [0.3, 0.4) is 0 Å². The molecule has 17 heavy (non-hydrogen) atoms. The summed E-state index contributed by atoms with van der Waals surface area (Å²) >= 11 is 1.12. The number of H-pyrrole nitrogens is 1. The van der Waals surface area contributed by atoms with Crippen LogP contribution in [0.2, 0.25) is 0 Å². The summed E-state index contributed by atoms with van der Waals surface area (Å²) in [7, 11) is 0. The third kappa shape index (κ3) is 2.68. The molecular weight excluding hydrogens is 246 g/mol. The van der Waals surface area contributed by atoms with Gasteiger partial charge in [0.25, 0.3) is 5.69 Å². The molecule has 9 nitrogen and oxygen atoms in total. The quantitative estimate of drug-likeness (QED) is 0.408. The number of nitrogen functional groups attached to an aromatic ring is 1. The Hall–Kier alpha value is -2.20. The molecule has 0 amide bonds. The molecule has 0 aliphatic rings. The van der Waals surface area contributed by atoms with Crippen LogP contribution in [0.15, 0.2) is 28.6 Å². The number of pyridine rings is 1. The molecule has 10 heteroatoms. The zero-order valence-electron chi connectivity index (χ0n) is 8.32. The Morgan fingerprint density at radius 2 is 2.35 bits per heavy atom. The largest absolute Gasteiger partial charge is 0.308 e. The lowest BCUT2D eigenvalue weighted by atomic mass is 10.4. The number of nitrogens with zero attached hydrogens (tertiary/aromatic N) is 4. The predicted octanol–water partition coefficient (Wildman–Crippen LogP) is 0.545. The fraction of sp³-hybridized carbons (Fsp3) is 0. The monoisotopic (exact) mass is 253 g/mol. The van der Waals surface area contributed by atoms with Crippen molar-refractivity contribution in [3.63, 3.8) is 0 Å². The van der Waals surface area contributed by atoms with Crippen molar-refractivity contribution in [2.75, 3.05) is 5.43 Å². The highest BCUT2D eigenvalue weighted by Crippen LogP contribution is 2.27. The maximum atomic E-state index is 10.7. The van der Waals surface area contributed by atoms with E-state index in [1.807, 2.05) is 0 Å². The van der Waals surface area contributed by atoms with E-state index in [1.165, 1.54) is 18.5 Å². The molecular formula is C7H7N7O2S. The van der Waals surface area contributed by atoms with E-state index in [1.54, 1.807) is 0 Å². The lowest BCUT2D eigenvalue weighted by molar-refractivity contribution is -0.385. The number of nitrogens with two attached hydrogens (primary N) is 1. The van der Waals surface area contributed by atoms with Crippen LogP contribution in [-0.2, 0) is 0 Å². The Kier molecular flexibility index (Phi) is 3.16. The molecule has 2 heterocycles. The van der Waals surface area contributed by atoms with E-state index in [0.29, 0.717) is 10.2 Å². The van der Waals surface area contributed by atoms with Crippen molar-refractivity contribution in [2.24, 2.45) is 5.84 Å². The van der Waals surface area contributed by atoms with Crippen LogP contribution < -0.4 is 11.3 Å². The zero-order chi connectivity index (χ0) is 12.3. The molecule has 0 fully saturated rings. The van der Waals surface area contributed by atoms with E-state index in [0.717, 1.165) is 11.8 Å². The van der Waals surface area contributed by atoms with Crippen molar-refractivity contribution in [3.05, 3.63) is 28.6 Å². The minimum atomic E-state index is -0.521. The first-order chi connectivity index (χ1) is 8.19. The van der Waals surface area contributed by atoms with Crippen LogP contribution in [0.25, 0.3) is 0 Å². The third-order valence-corrected chi connectivity index (χ3v) is 2.55. The number of aromatic amines is 1. The fourth-order valence-electron chi connectivity index (χ4n) is 1.07. The number of aromatic nitrogens is 4. The number of rotatable bonds is 4.